The normalized spacial score (nSPS) is 10.1. The number of aromatic nitrogens is 1. The van der Waals surface area contributed by atoms with Crippen molar-refractivity contribution in [3.63, 3.8) is 0 Å². The molecule has 1 heterocycles. The molecule has 2 rings (SSSR count). The molecule has 1 amide bonds. The molecule has 16 heavy (non-hydrogen) atoms. The van der Waals surface area contributed by atoms with Crippen LogP contribution in [0.25, 0.3) is 0 Å². The van der Waals surface area contributed by atoms with Crippen LogP contribution in [0.2, 0.25) is 0 Å². The number of carbonyl (C=O) groups is 1. The number of anilines is 1. The molecule has 0 unspecified atom stereocenters. The summed E-state index contributed by atoms with van der Waals surface area (Å²) in [6, 6.07) is 7.47. The summed E-state index contributed by atoms with van der Waals surface area (Å²) >= 11 is 0. The minimum atomic E-state index is -0.597. The van der Waals surface area contributed by atoms with E-state index in [0.717, 1.165) is 6.07 Å². The van der Waals surface area contributed by atoms with E-state index >= 15 is 0 Å². The molecule has 0 aliphatic rings. The zero-order valence-corrected chi connectivity index (χ0v) is 8.35. The van der Waals surface area contributed by atoms with Crippen LogP contribution in [-0.2, 0) is 0 Å². The van der Waals surface area contributed by atoms with Crippen LogP contribution in [0.1, 0.15) is 10.4 Å². The first kappa shape index (κ1) is 10.2. The Hall–Kier alpha value is -2.30. The molecular formula is C11H10FN3O. The molecule has 1 aromatic carbocycles. The summed E-state index contributed by atoms with van der Waals surface area (Å²) in [5.41, 5.74) is 8.12. The van der Waals surface area contributed by atoms with Crippen LogP contribution in [-0.4, -0.2) is 10.6 Å². The lowest BCUT2D eigenvalue weighted by Crippen LogP contribution is -2.21. The maximum absolute atomic E-state index is 13.1. The van der Waals surface area contributed by atoms with E-state index in [9.17, 15) is 9.18 Å². The minimum absolute atomic E-state index is 0.0255. The highest BCUT2D eigenvalue weighted by Crippen LogP contribution is 2.11. The van der Waals surface area contributed by atoms with Gasteiger partial charge in [-0.2, -0.15) is 0 Å². The lowest BCUT2D eigenvalue weighted by molar-refractivity contribution is 0.101. The van der Waals surface area contributed by atoms with Crippen molar-refractivity contribution >= 4 is 11.6 Å². The number of nitrogens with one attached hydrogen (secondary N) is 1. The van der Waals surface area contributed by atoms with Crippen molar-refractivity contribution in [1.29, 1.82) is 0 Å². The van der Waals surface area contributed by atoms with Crippen molar-refractivity contribution in [1.82, 2.24) is 4.68 Å². The minimum Gasteiger partial charge on any atom is -0.396 e. The van der Waals surface area contributed by atoms with Crippen molar-refractivity contribution in [3.05, 3.63) is 54.1 Å². The number of rotatable bonds is 2. The fraction of sp³-hybridized carbons (Fsp3) is 0. The third-order valence-corrected chi connectivity index (χ3v) is 2.10. The fourth-order valence-electron chi connectivity index (χ4n) is 1.26. The Labute approximate surface area is 91.5 Å². The van der Waals surface area contributed by atoms with Gasteiger partial charge in [0.15, 0.2) is 0 Å². The van der Waals surface area contributed by atoms with Gasteiger partial charge in [0.1, 0.15) is 5.82 Å². The highest BCUT2D eigenvalue weighted by atomic mass is 19.1. The first-order chi connectivity index (χ1) is 7.66. The summed E-state index contributed by atoms with van der Waals surface area (Å²) in [7, 11) is 0. The summed E-state index contributed by atoms with van der Waals surface area (Å²) < 4.78 is 14.6. The van der Waals surface area contributed by atoms with E-state index in [2.05, 4.69) is 5.43 Å². The van der Waals surface area contributed by atoms with Crippen molar-refractivity contribution in [2.75, 3.05) is 11.2 Å². The Morgan fingerprint density at radius 2 is 2.00 bits per heavy atom. The molecule has 1 aromatic heterocycles. The molecule has 5 heteroatoms. The first-order valence-corrected chi connectivity index (χ1v) is 4.66. The molecule has 3 N–H and O–H groups in total. The summed E-state index contributed by atoms with van der Waals surface area (Å²) in [4.78, 5) is 11.6. The van der Waals surface area contributed by atoms with Gasteiger partial charge in [0.05, 0.1) is 5.69 Å². The third kappa shape index (κ3) is 2.03. The molecule has 82 valence electrons. The van der Waals surface area contributed by atoms with Gasteiger partial charge in [0.2, 0.25) is 0 Å². The Bertz CT molecular complexity index is 508. The summed E-state index contributed by atoms with van der Waals surface area (Å²) in [6.07, 6.45) is 3.34. The molecule has 0 radical (unpaired) electrons. The van der Waals surface area contributed by atoms with Gasteiger partial charge in [0.25, 0.3) is 5.91 Å². The van der Waals surface area contributed by atoms with Crippen LogP contribution in [0, 0.1) is 5.82 Å². The Kier molecular flexibility index (Phi) is 2.59. The topological polar surface area (TPSA) is 60.1 Å². The van der Waals surface area contributed by atoms with E-state index in [1.54, 1.807) is 24.5 Å². The number of benzene rings is 1. The van der Waals surface area contributed by atoms with E-state index in [-0.39, 0.29) is 11.3 Å². The fourth-order valence-corrected chi connectivity index (χ4v) is 1.26. The average molecular weight is 219 g/mol. The maximum Gasteiger partial charge on any atom is 0.270 e. The lowest BCUT2D eigenvalue weighted by Gasteiger charge is -2.06. The highest BCUT2D eigenvalue weighted by molar-refractivity contribution is 6.00. The summed E-state index contributed by atoms with van der Waals surface area (Å²) in [5.74, 6) is -0.991. The van der Waals surface area contributed by atoms with Gasteiger partial charge in [-0.25, -0.2) is 4.39 Å². The lowest BCUT2D eigenvalue weighted by atomic mass is 10.2. The predicted octanol–water partition coefficient (Wildman–Crippen LogP) is 1.59. The first-order valence-electron chi connectivity index (χ1n) is 4.66. The third-order valence-electron chi connectivity index (χ3n) is 2.10. The van der Waals surface area contributed by atoms with Crippen LogP contribution >= 0.6 is 0 Å². The van der Waals surface area contributed by atoms with Gasteiger partial charge in [-0.05, 0) is 30.3 Å². The zero-order valence-electron chi connectivity index (χ0n) is 8.35. The van der Waals surface area contributed by atoms with Gasteiger partial charge in [-0.3, -0.25) is 14.9 Å². The van der Waals surface area contributed by atoms with Gasteiger partial charge in [-0.1, -0.05) is 0 Å². The molecule has 4 nitrogen and oxygen atoms in total. The summed E-state index contributed by atoms with van der Waals surface area (Å²) in [6.45, 7) is 0. The van der Waals surface area contributed by atoms with Crippen LogP contribution in [0.3, 0.4) is 0 Å². The van der Waals surface area contributed by atoms with Crippen LogP contribution < -0.4 is 11.2 Å². The van der Waals surface area contributed by atoms with E-state index in [1.807, 2.05) is 0 Å². The quantitative estimate of drug-likeness (QED) is 0.753. The molecule has 0 saturated heterocycles. The van der Waals surface area contributed by atoms with Crippen molar-refractivity contribution in [2.24, 2.45) is 0 Å². The Morgan fingerprint density at radius 3 is 2.62 bits per heavy atom. The number of amides is 1. The number of halogens is 1. The number of hydrogen-bond acceptors (Lipinski definition) is 2. The standard InChI is InChI=1S/C11H10FN3O/c12-9-7-8(3-4-10(9)13)11(16)14-15-5-1-2-6-15/h1-7H,13H2,(H,14,16). The Balaban J connectivity index is 2.18. The highest BCUT2D eigenvalue weighted by Gasteiger charge is 2.08. The Morgan fingerprint density at radius 1 is 1.31 bits per heavy atom. The van der Waals surface area contributed by atoms with Crippen LogP contribution in [0.5, 0.6) is 0 Å². The second-order valence-corrected chi connectivity index (χ2v) is 3.27. The molecule has 0 aliphatic carbocycles. The second-order valence-electron chi connectivity index (χ2n) is 3.27. The molecule has 0 fully saturated rings. The number of nitrogens with zero attached hydrogens (tertiary/aromatic N) is 1. The molecule has 0 atom stereocenters. The van der Waals surface area contributed by atoms with Gasteiger partial charge >= 0.3 is 0 Å². The van der Waals surface area contributed by atoms with Crippen molar-refractivity contribution in [3.8, 4) is 0 Å². The van der Waals surface area contributed by atoms with Gasteiger partial charge < -0.3 is 5.73 Å². The second kappa shape index (κ2) is 4.06. The monoisotopic (exact) mass is 219 g/mol. The van der Waals surface area contributed by atoms with Gasteiger partial charge in [0, 0.05) is 18.0 Å². The van der Waals surface area contributed by atoms with E-state index in [0.29, 0.717) is 0 Å². The van der Waals surface area contributed by atoms with Crippen LogP contribution in [0.15, 0.2) is 42.7 Å². The largest absolute Gasteiger partial charge is 0.396 e. The molecular weight excluding hydrogens is 209 g/mol. The zero-order chi connectivity index (χ0) is 11.5. The molecule has 0 aliphatic heterocycles. The van der Waals surface area contributed by atoms with Crippen molar-refractivity contribution < 1.29 is 9.18 Å². The number of nitrogens with two attached hydrogens (primary N) is 1. The van der Waals surface area contributed by atoms with E-state index in [4.69, 9.17) is 5.73 Å². The molecule has 0 spiro atoms. The molecule has 0 bridgehead atoms. The smallest absolute Gasteiger partial charge is 0.270 e. The number of carbonyl (C=O) groups excluding carboxylic acids is 1. The predicted molar refractivity (Wildman–Crippen MR) is 58.9 cm³/mol. The molecule has 0 saturated carbocycles. The van der Waals surface area contributed by atoms with Gasteiger partial charge in [-0.15, -0.1) is 0 Å². The maximum atomic E-state index is 13.1. The SMILES string of the molecule is Nc1ccc(C(=O)Nn2cccc2)cc1F. The number of hydrogen-bond donors (Lipinski definition) is 2. The number of nitrogen functional groups attached to an aromatic ring is 1. The average Bonchev–Trinajstić information content (AvgIpc) is 2.74. The molecule has 2 aromatic rings. The van der Waals surface area contributed by atoms with Crippen molar-refractivity contribution in [2.45, 2.75) is 0 Å². The van der Waals surface area contributed by atoms with E-state index in [1.165, 1.54) is 16.8 Å². The van der Waals surface area contributed by atoms with E-state index < -0.39 is 11.7 Å². The summed E-state index contributed by atoms with van der Waals surface area (Å²) in [5, 5.41) is 0. The van der Waals surface area contributed by atoms with Crippen LogP contribution in [0.4, 0.5) is 10.1 Å².